The van der Waals surface area contributed by atoms with E-state index in [0.29, 0.717) is 12.0 Å². The van der Waals surface area contributed by atoms with E-state index in [2.05, 4.69) is 0 Å². The first kappa shape index (κ1) is 24.6. The monoisotopic (exact) mass is 462 g/mol. The van der Waals surface area contributed by atoms with Crippen LogP contribution in [0.3, 0.4) is 0 Å². The Balaban J connectivity index is 2.43. The van der Waals surface area contributed by atoms with Gasteiger partial charge < -0.3 is 29.9 Å². The molecule has 3 rings (SSSR count). The Morgan fingerprint density at radius 3 is 2.18 bits per heavy atom. The van der Waals surface area contributed by atoms with Crippen LogP contribution in [0.2, 0.25) is 0 Å². The zero-order valence-electron chi connectivity index (χ0n) is 19.6. The van der Waals surface area contributed by atoms with Gasteiger partial charge in [-0.1, -0.05) is 20.8 Å². The molecule has 0 spiro atoms. The number of phenols is 2. The maximum absolute atomic E-state index is 13.3. The summed E-state index contributed by atoms with van der Waals surface area (Å²) in [5.74, 6) is -4.21. The maximum atomic E-state index is 13.3. The Morgan fingerprint density at radius 1 is 1.06 bits per heavy atom. The highest BCUT2D eigenvalue weighted by Crippen LogP contribution is 2.61. The third kappa shape index (κ3) is 3.94. The summed E-state index contributed by atoms with van der Waals surface area (Å²) in [6.07, 6.45) is -1.40. The Kier molecular flexibility index (Phi) is 6.00. The topological polar surface area (TPSA) is 151 Å². The predicted molar refractivity (Wildman–Crippen MR) is 116 cm³/mol. The number of rotatable bonds is 4. The predicted octanol–water partition coefficient (Wildman–Crippen LogP) is 2.96. The number of phenolic OH excluding ortho intramolecular Hbond substituents is 2. The Morgan fingerprint density at radius 2 is 1.67 bits per heavy atom. The van der Waals surface area contributed by atoms with Crippen LogP contribution in [-0.4, -0.2) is 50.4 Å². The fraction of sp³-hybridized carbons (Fsp3) is 0.542. The lowest BCUT2D eigenvalue weighted by molar-refractivity contribution is -0.149. The van der Waals surface area contributed by atoms with Crippen molar-refractivity contribution >= 4 is 17.7 Å². The van der Waals surface area contributed by atoms with E-state index in [-0.39, 0.29) is 35.3 Å². The summed E-state index contributed by atoms with van der Waals surface area (Å²) in [5.41, 5.74) is -2.18. The molecule has 9 heteroatoms. The van der Waals surface area contributed by atoms with Gasteiger partial charge in [0, 0.05) is 36.8 Å². The number of ketones is 1. The first-order valence-corrected chi connectivity index (χ1v) is 10.8. The van der Waals surface area contributed by atoms with Crippen LogP contribution >= 0.6 is 0 Å². The average molecular weight is 462 g/mol. The molecule has 0 aliphatic heterocycles. The summed E-state index contributed by atoms with van der Waals surface area (Å²) in [4.78, 5) is 37.0. The minimum Gasteiger partial charge on any atom is -0.507 e. The number of ether oxygens (including phenoxy) is 2. The van der Waals surface area contributed by atoms with Gasteiger partial charge >= 0.3 is 11.9 Å². The second-order valence-corrected chi connectivity index (χ2v) is 9.81. The zero-order chi connectivity index (χ0) is 25.0. The normalized spacial score (nSPS) is 24.6. The van der Waals surface area contributed by atoms with E-state index in [1.54, 1.807) is 20.8 Å². The highest BCUT2D eigenvalue weighted by molar-refractivity contribution is 6.14. The molecule has 0 heterocycles. The Labute approximate surface area is 191 Å². The maximum Gasteiger partial charge on any atom is 0.308 e. The molecule has 33 heavy (non-hydrogen) atoms. The molecule has 0 amide bonds. The fourth-order valence-electron chi connectivity index (χ4n) is 5.64. The van der Waals surface area contributed by atoms with Gasteiger partial charge in [0.1, 0.15) is 11.9 Å². The van der Waals surface area contributed by atoms with Crippen LogP contribution in [0.15, 0.2) is 11.3 Å². The summed E-state index contributed by atoms with van der Waals surface area (Å²) in [5, 5.41) is 42.9. The molecule has 1 aromatic rings. The van der Waals surface area contributed by atoms with Crippen molar-refractivity contribution in [1.29, 1.82) is 0 Å². The molecule has 0 unspecified atom stereocenters. The molecule has 2 aliphatic rings. The third-order valence-electron chi connectivity index (χ3n) is 6.41. The van der Waals surface area contributed by atoms with E-state index in [1.807, 2.05) is 0 Å². The van der Waals surface area contributed by atoms with Crippen molar-refractivity contribution in [2.24, 2.45) is 5.41 Å². The van der Waals surface area contributed by atoms with Crippen LogP contribution in [0.1, 0.15) is 75.9 Å². The minimum absolute atomic E-state index is 0.0322. The van der Waals surface area contributed by atoms with Crippen LogP contribution < -0.4 is 4.74 Å². The highest BCUT2D eigenvalue weighted by atomic mass is 16.5. The van der Waals surface area contributed by atoms with E-state index in [9.17, 15) is 34.8 Å². The molecule has 0 bridgehead atoms. The summed E-state index contributed by atoms with van der Waals surface area (Å²) in [7, 11) is 0. The van der Waals surface area contributed by atoms with Crippen molar-refractivity contribution in [1.82, 2.24) is 0 Å². The van der Waals surface area contributed by atoms with Gasteiger partial charge in [0.05, 0.1) is 11.7 Å². The van der Waals surface area contributed by atoms with Crippen LogP contribution in [0.4, 0.5) is 0 Å². The van der Waals surface area contributed by atoms with Gasteiger partial charge in [0.2, 0.25) is 5.78 Å². The SMILES string of the molecule is CC(=O)Oc1c(O)c(C[C@H](C)O)c(O)c2c1[C@@]1(C)C[C@@H](OC(C)=O)CC(C)(C)C1=C(O)C2=O. The molecule has 0 saturated heterocycles. The quantitative estimate of drug-likeness (QED) is 0.391. The number of aliphatic hydroxyl groups excluding tert-OH is 2. The number of aliphatic hydroxyl groups is 2. The standard InChI is InChI=1S/C24H30O9/c1-10(25)7-14-17(28)15-16(21(18(14)29)33-12(3)27)24(6)9-13(32-11(2)26)8-23(4,5)22(24)20(31)19(15)30/h10,13,25,28-29,31H,7-9H2,1-6H3/t10-,13-,24+/m0/s1. The Hall–Kier alpha value is -3.07. The second kappa shape index (κ2) is 8.06. The van der Waals surface area contributed by atoms with Gasteiger partial charge in [0.15, 0.2) is 17.3 Å². The lowest BCUT2D eigenvalue weighted by atomic mass is 9.53. The average Bonchev–Trinajstić information content (AvgIpc) is 2.63. The van der Waals surface area contributed by atoms with E-state index in [1.165, 1.54) is 13.8 Å². The van der Waals surface area contributed by atoms with Crippen LogP contribution in [0.5, 0.6) is 17.2 Å². The summed E-state index contributed by atoms with van der Waals surface area (Å²) in [6, 6.07) is 0. The number of fused-ring (bicyclic) bond motifs is 3. The van der Waals surface area contributed by atoms with Crippen molar-refractivity contribution in [2.45, 2.75) is 78.4 Å². The molecule has 4 N–H and O–H groups in total. The highest BCUT2D eigenvalue weighted by Gasteiger charge is 2.56. The number of Topliss-reactive ketones (excluding diaryl/α,β-unsaturated/α-hetero) is 1. The van der Waals surface area contributed by atoms with E-state index >= 15 is 0 Å². The molecule has 0 aromatic heterocycles. The first-order chi connectivity index (χ1) is 15.1. The van der Waals surface area contributed by atoms with Gasteiger partial charge in [0.25, 0.3) is 0 Å². The number of aromatic hydroxyl groups is 2. The molecule has 1 saturated carbocycles. The van der Waals surface area contributed by atoms with Gasteiger partial charge in [-0.2, -0.15) is 0 Å². The fourth-order valence-corrected chi connectivity index (χ4v) is 5.64. The van der Waals surface area contributed by atoms with Gasteiger partial charge in [-0.05, 0) is 30.8 Å². The number of hydrogen-bond acceptors (Lipinski definition) is 9. The summed E-state index contributed by atoms with van der Waals surface area (Å²) < 4.78 is 10.8. The van der Waals surface area contributed by atoms with Crippen molar-refractivity contribution in [3.05, 3.63) is 28.0 Å². The summed E-state index contributed by atoms with van der Waals surface area (Å²) in [6.45, 7) is 9.09. The molecule has 9 nitrogen and oxygen atoms in total. The molecule has 180 valence electrons. The van der Waals surface area contributed by atoms with Crippen molar-refractivity contribution in [2.75, 3.05) is 0 Å². The molecule has 0 radical (unpaired) electrons. The van der Waals surface area contributed by atoms with Gasteiger partial charge in [-0.3, -0.25) is 14.4 Å². The number of carbonyl (C=O) groups is 3. The zero-order valence-corrected chi connectivity index (χ0v) is 19.6. The number of allylic oxidation sites excluding steroid dienone is 2. The van der Waals surface area contributed by atoms with E-state index in [4.69, 9.17) is 9.47 Å². The lowest BCUT2D eigenvalue weighted by Crippen LogP contribution is -2.49. The smallest absolute Gasteiger partial charge is 0.308 e. The minimum atomic E-state index is -1.24. The second-order valence-electron chi connectivity index (χ2n) is 9.81. The van der Waals surface area contributed by atoms with Crippen molar-refractivity contribution in [3.8, 4) is 17.2 Å². The molecule has 1 fully saturated rings. The molecule has 1 aromatic carbocycles. The molecule has 2 aliphatic carbocycles. The van der Waals surface area contributed by atoms with Gasteiger partial charge in [-0.25, -0.2) is 0 Å². The molecular weight excluding hydrogens is 432 g/mol. The number of benzene rings is 1. The number of hydrogen-bond donors (Lipinski definition) is 4. The first-order valence-electron chi connectivity index (χ1n) is 10.8. The third-order valence-corrected chi connectivity index (χ3v) is 6.41. The number of carbonyl (C=O) groups excluding carboxylic acids is 3. The largest absolute Gasteiger partial charge is 0.507 e. The van der Waals surface area contributed by atoms with Crippen LogP contribution in [0.25, 0.3) is 0 Å². The van der Waals surface area contributed by atoms with E-state index < -0.39 is 58.0 Å². The van der Waals surface area contributed by atoms with Gasteiger partial charge in [-0.15, -0.1) is 0 Å². The summed E-state index contributed by atoms with van der Waals surface area (Å²) >= 11 is 0. The Bertz CT molecular complexity index is 1080. The van der Waals surface area contributed by atoms with Crippen LogP contribution in [-0.2, 0) is 26.2 Å². The van der Waals surface area contributed by atoms with Crippen molar-refractivity contribution in [3.63, 3.8) is 0 Å². The molecular formula is C24H30O9. The van der Waals surface area contributed by atoms with Crippen molar-refractivity contribution < 1.29 is 44.3 Å². The molecule has 3 atom stereocenters. The van der Waals surface area contributed by atoms with Crippen LogP contribution in [0, 0.1) is 5.41 Å². The number of esters is 2. The lowest BCUT2D eigenvalue weighted by Gasteiger charge is -2.51. The van der Waals surface area contributed by atoms with E-state index in [0.717, 1.165) is 6.92 Å².